The maximum atomic E-state index is 12.0. The lowest BCUT2D eigenvalue weighted by Gasteiger charge is -2.15. The molecule has 0 aliphatic carbocycles. The van der Waals surface area contributed by atoms with Crippen molar-refractivity contribution in [3.63, 3.8) is 0 Å². The van der Waals surface area contributed by atoms with Crippen LogP contribution in [0, 0.1) is 13.8 Å². The number of aromatic nitrogens is 3. The van der Waals surface area contributed by atoms with E-state index in [4.69, 9.17) is 0 Å². The molecule has 0 atom stereocenters. The third-order valence-corrected chi connectivity index (χ3v) is 4.25. The number of nitrogens with zero attached hydrogens (tertiary/aromatic N) is 3. The van der Waals surface area contributed by atoms with Crippen molar-refractivity contribution in [2.75, 3.05) is 13.1 Å². The number of nitrogens with one attached hydrogen (secondary N) is 2. The van der Waals surface area contributed by atoms with Gasteiger partial charge in [0.05, 0.1) is 12.7 Å². The first-order valence-corrected chi connectivity index (χ1v) is 9.30. The highest BCUT2D eigenvalue weighted by Gasteiger charge is 2.14. The van der Waals surface area contributed by atoms with Gasteiger partial charge in [-0.3, -0.25) is 9.59 Å². The minimum absolute atomic E-state index is 0.0181. The fourth-order valence-electron chi connectivity index (χ4n) is 2.91. The predicted octanol–water partition coefficient (Wildman–Crippen LogP) is 2.53. The van der Waals surface area contributed by atoms with E-state index in [1.165, 1.54) is 6.08 Å². The van der Waals surface area contributed by atoms with Gasteiger partial charge < -0.3 is 15.2 Å². The molecule has 0 unspecified atom stereocenters. The van der Waals surface area contributed by atoms with Crippen LogP contribution in [0.25, 0.3) is 11.9 Å². The lowest BCUT2D eigenvalue weighted by molar-refractivity contribution is -0.123. The van der Waals surface area contributed by atoms with Gasteiger partial charge in [-0.1, -0.05) is 6.92 Å². The molecular weight excluding hydrogens is 342 g/mol. The topological polar surface area (TPSA) is 81.0 Å². The van der Waals surface area contributed by atoms with Crippen LogP contribution in [0.2, 0.25) is 0 Å². The molecule has 0 bridgehead atoms. The Labute approximate surface area is 160 Å². The second-order valence-corrected chi connectivity index (χ2v) is 6.79. The summed E-state index contributed by atoms with van der Waals surface area (Å²) in [6, 6.07) is 4.26. The van der Waals surface area contributed by atoms with E-state index in [-0.39, 0.29) is 24.4 Å². The summed E-state index contributed by atoms with van der Waals surface area (Å²) in [4.78, 5) is 23.5. The Hall–Kier alpha value is -2.83. The average Bonchev–Trinajstić information content (AvgIpc) is 3.20. The molecule has 0 radical (unpaired) electrons. The van der Waals surface area contributed by atoms with Crippen LogP contribution in [-0.4, -0.2) is 39.3 Å². The highest BCUT2D eigenvalue weighted by atomic mass is 16.2. The van der Waals surface area contributed by atoms with Crippen molar-refractivity contribution in [3.8, 4) is 5.82 Å². The van der Waals surface area contributed by atoms with Crippen LogP contribution in [0.1, 0.15) is 50.2 Å². The van der Waals surface area contributed by atoms with E-state index in [0.717, 1.165) is 29.2 Å². The normalized spacial score (nSPS) is 11.3. The van der Waals surface area contributed by atoms with Gasteiger partial charge in [-0.15, -0.1) is 0 Å². The molecule has 2 N–H and O–H groups in total. The minimum Gasteiger partial charge on any atom is -0.355 e. The van der Waals surface area contributed by atoms with Gasteiger partial charge in [-0.2, -0.15) is 5.10 Å². The highest BCUT2D eigenvalue weighted by Crippen LogP contribution is 2.23. The lowest BCUT2D eigenvalue weighted by atomic mass is 10.2. The van der Waals surface area contributed by atoms with Crippen molar-refractivity contribution >= 4 is 17.9 Å². The van der Waals surface area contributed by atoms with E-state index in [1.807, 2.05) is 37.6 Å². The highest BCUT2D eigenvalue weighted by molar-refractivity contribution is 5.94. The Morgan fingerprint density at radius 2 is 2.00 bits per heavy atom. The van der Waals surface area contributed by atoms with Crippen LogP contribution in [0.5, 0.6) is 0 Å². The fraction of sp³-hybridized carbons (Fsp3) is 0.450. The largest absolute Gasteiger partial charge is 0.355 e. The number of rotatable bonds is 8. The van der Waals surface area contributed by atoms with Gasteiger partial charge in [-0.25, -0.2) is 4.68 Å². The number of hydrogen-bond donors (Lipinski definition) is 2. The van der Waals surface area contributed by atoms with Gasteiger partial charge in [0.15, 0.2) is 0 Å². The van der Waals surface area contributed by atoms with Gasteiger partial charge in [0.25, 0.3) is 0 Å². The summed E-state index contributed by atoms with van der Waals surface area (Å²) in [5, 5.41) is 9.71. The molecule has 0 fully saturated rings. The molecule has 7 heteroatoms. The molecule has 27 heavy (non-hydrogen) atoms. The van der Waals surface area contributed by atoms with Crippen LogP contribution >= 0.6 is 0 Å². The molecule has 2 amide bonds. The van der Waals surface area contributed by atoms with Crippen molar-refractivity contribution in [3.05, 3.63) is 41.4 Å². The second kappa shape index (κ2) is 9.21. The summed E-state index contributed by atoms with van der Waals surface area (Å²) in [7, 11) is 0. The Morgan fingerprint density at radius 1 is 1.26 bits per heavy atom. The van der Waals surface area contributed by atoms with Crippen LogP contribution in [-0.2, 0) is 9.59 Å². The number of carbonyl (C=O) groups excluding carboxylic acids is 2. The van der Waals surface area contributed by atoms with Gasteiger partial charge >= 0.3 is 0 Å². The van der Waals surface area contributed by atoms with Crippen LogP contribution in [0.3, 0.4) is 0 Å². The molecule has 2 aromatic heterocycles. The summed E-state index contributed by atoms with van der Waals surface area (Å²) >= 11 is 0. The van der Waals surface area contributed by atoms with Crippen LogP contribution in [0.15, 0.2) is 24.4 Å². The number of amides is 2. The number of hydrogen-bond acceptors (Lipinski definition) is 3. The SMILES string of the molecule is CCCNC(=O)CNC(=O)/C=C/c1cc(C)n(-c2ccnn2C(C)C)c1C. The molecule has 0 saturated carbocycles. The minimum atomic E-state index is -0.293. The molecule has 0 aromatic carbocycles. The molecule has 2 rings (SSSR count). The van der Waals surface area contributed by atoms with Crippen molar-refractivity contribution in [1.82, 2.24) is 25.0 Å². The molecule has 0 spiro atoms. The van der Waals surface area contributed by atoms with E-state index < -0.39 is 0 Å². The second-order valence-electron chi connectivity index (χ2n) is 6.79. The molecule has 2 aromatic rings. The van der Waals surface area contributed by atoms with Crippen molar-refractivity contribution in [2.45, 2.75) is 47.1 Å². The Kier molecular flexibility index (Phi) is 6.98. The van der Waals surface area contributed by atoms with E-state index in [9.17, 15) is 9.59 Å². The van der Waals surface area contributed by atoms with Gasteiger partial charge in [0.1, 0.15) is 5.82 Å². The number of aryl methyl sites for hydroxylation is 1. The Morgan fingerprint density at radius 3 is 2.67 bits per heavy atom. The van der Waals surface area contributed by atoms with E-state index in [2.05, 4.69) is 34.1 Å². The average molecular weight is 371 g/mol. The van der Waals surface area contributed by atoms with E-state index >= 15 is 0 Å². The summed E-state index contributed by atoms with van der Waals surface area (Å²) < 4.78 is 4.10. The fourth-order valence-corrected chi connectivity index (χ4v) is 2.91. The third-order valence-electron chi connectivity index (χ3n) is 4.25. The lowest BCUT2D eigenvalue weighted by Crippen LogP contribution is -2.36. The van der Waals surface area contributed by atoms with Crippen molar-refractivity contribution < 1.29 is 9.59 Å². The summed E-state index contributed by atoms with van der Waals surface area (Å²) in [6.07, 6.45) is 5.89. The van der Waals surface area contributed by atoms with Crippen LogP contribution < -0.4 is 10.6 Å². The number of carbonyl (C=O) groups is 2. The molecule has 146 valence electrons. The van der Waals surface area contributed by atoms with Gasteiger partial charge in [-0.05, 0) is 51.8 Å². The molecule has 0 saturated heterocycles. The first kappa shape index (κ1) is 20.5. The van der Waals surface area contributed by atoms with E-state index in [1.54, 1.807) is 12.3 Å². The molecule has 0 aliphatic heterocycles. The molecule has 7 nitrogen and oxygen atoms in total. The standard InChI is InChI=1S/C20H29N5O2/c1-6-10-21-19(27)13-22-18(26)8-7-17-12-15(4)24(16(17)5)20-9-11-23-25(20)14(2)3/h7-9,11-12,14H,6,10,13H2,1-5H3,(H,21,27)(H,22,26)/b8-7+. The summed E-state index contributed by atoms with van der Waals surface area (Å²) in [5.41, 5.74) is 3.04. The van der Waals surface area contributed by atoms with Gasteiger partial charge in [0, 0.05) is 36.1 Å². The maximum absolute atomic E-state index is 12.0. The molecule has 2 heterocycles. The monoisotopic (exact) mass is 371 g/mol. The Balaban J connectivity index is 2.10. The van der Waals surface area contributed by atoms with Crippen molar-refractivity contribution in [1.29, 1.82) is 0 Å². The summed E-state index contributed by atoms with van der Waals surface area (Å²) in [5.74, 6) is 0.522. The molecular formula is C20H29N5O2. The first-order chi connectivity index (χ1) is 12.8. The first-order valence-electron chi connectivity index (χ1n) is 9.30. The van der Waals surface area contributed by atoms with E-state index in [0.29, 0.717) is 6.54 Å². The zero-order chi connectivity index (χ0) is 20.0. The maximum Gasteiger partial charge on any atom is 0.244 e. The van der Waals surface area contributed by atoms with Crippen molar-refractivity contribution in [2.24, 2.45) is 0 Å². The quantitative estimate of drug-likeness (QED) is 0.700. The third kappa shape index (κ3) is 5.09. The van der Waals surface area contributed by atoms with Crippen LogP contribution in [0.4, 0.5) is 0 Å². The predicted molar refractivity (Wildman–Crippen MR) is 107 cm³/mol. The zero-order valence-corrected chi connectivity index (χ0v) is 16.7. The Bertz CT molecular complexity index is 830. The molecule has 0 aliphatic rings. The van der Waals surface area contributed by atoms with Gasteiger partial charge in [0.2, 0.25) is 11.8 Å². The zero-order valence-electron chi connectivity index (χ0n) is 16.7. The summed E-state index contributed by atoms with van der Waals surface area (Å²) in [6.45, 7) is 10.8. The smallest absolute Gasteiger partial charge is 0.244 e.